The Hall–Kier alpha value is -3.00. The van der Waals surface area contributed by atoms with Gasteiger partial charge in [-0.1, -0.05) is 6.07 Å². The third kappa shape index (κ3) is 3.90. The summed E-state index contributed by atoms with van der Waals surface area (Å²) in [6, 6.07) is 5.68. The van der Waals surface area contributed by atoms with Gasteiger partial charge in [0.1, 0.15) is 28.8 Å². The zero-order chi connectivity index (χ0) is 18.6. The number of carbonyl (C=O) groups excluding carboxylic acids is 1. The number of benzene rings is 1. The number of ether oxygens (including phenoxy) is 2. The van der Waals surface area contributed by atoms with Gasteiger partial charge in [0.05, 0.1) is 31.5 Å². The van der Waals surface area contributed by atoms with E-state index in [4.69, 9.17) is 9.47 Å². The van der Waals surface area contributed by atoms with Gasteiger partial charge in [-0.2, -0.15) is 0 Å². The van der Waals surface area contributed by atoms with Gasteiger partial charge in [0.15, 0.2) is 0 Å². The topological polar surface area (TPSA) is 86.2 Å². The van der Waals surface area contributed by atoms with Crippen molar-refractivity contribution in [2.45, 2.75) is 13.0 Å². The molecule has 1 aliphatic heterocycles. The first kappa shape index (κ1) is 17.4. The molecule has 0 spiro atoms. The minimum atomic E-state index is -0.219. The first-order valence-electron chi connectivity index (χ1n) is 8.51. The summed E-state index contributed by atoms with van der Waals surface area (Å²) in [6.07, 6.45) is 5.58. The largest absolute Gasteiger partial charge is 0.497 e. The van der Waals surface area contributed by atoms with Gasteiger partial charge < -0.3 is 14.8 Å². The van der Waals surface area contributed by atoms with Crippen molar-refractivity contribution < 1.29 is 14.3 Å². The second kappa shape index (κ2) is 7.71. The van der Waals surface area contributed by atoms with Crippen LogP contribution in [-0.2, 0) is 17.8 Å². The first-order valence-corrected chi connectivity index (χ1v) is 9.39. The van der Waals surface area contributed by atoms with E-state index >= 15 is 0 Å². The highest BCUT2D eigenvalue weighted by Crippen LogP contribution is 2.31. The number of nitrogens with zero attached hydrogens (tertiary/aromatic N) is 3. The molecule has 0 saturated heterocycles. The van der Waals surface area contributed by atoms with Crippen molar-refractivity contribution in [2.24, 2.45) is 5.92 Å². The summed E-state index contributed by atoms with van der Waals surface area (Å²) in [7, 11) is 1.62. The molecule has 0 fully saturated rings. The Morgan fingerprint density at radius 1 is 1.41 bits per heavy atom. The van der Waals surface area contributed by atoms with Gasteiger partial charge in [-0.05, 0) is 18.1 Å². The SMILES string of the molecule is COc1ccc2c(c1)OC[C@H](C(=O)NCc1csc(-c3cnccn3)n1)C2. The van der Waals surface area contributed by atoms with Gasteiger partial charge in [0.25, 0.3) is 0 Å². The van der Waals surface area contributed by atoms with Gasteiger partial charge in [-0.15, -0.1) is 11.3 Å². The van der Waals surface area contributed by atoms with Crippen molar-refractivity contribution >= 4 is 17.2 Å². The number of thiazole rings is 1. The molecule has 138 valence electrons. The third-order valence-corrected chi connectivity index (χ3v) is 5.24. The molecule has 3 heterocycles. The fraction of sp³-hybridized carbons (Fsp3) is 0.263. The van der Waals surface area contributed by atoms with Crippen LogP contribution in [0.15, 0.2) is 42.2 Å². The standard InChI is InChI=1S/C19H18N4O3S/c1-25-15-3-2-12-6-13(10-26-17(12)7-15)18(24)22-8-14-11-27-19(23-14)16-9-20-4-5-21-16/h2-5,7,9,11,13H,6,8,10H2,1H3,(H,22,24)/t13-/m1/s1. The number of nitrogens with one attached hydrogen (secondary N) is 1. The van der Waals surface area contributed by atoms with Crippen LogP contribution >= 0.6 is 11.3 Å². The Balaban J connectivity index is 1.35. The Morgan fingerprint density at radius 3 is 3.15 bits per heavy atom. The van der Waals surface area contributed by atoms with Crippen molar-refractivity contribution in [1.29, 1.82) is 0 Å². The number of carbonyl (C=O) groups is 1. The Kier molecular flexibility index (Phi) is 4.97. The molecular formula is C19H18N4O3S. The van der Waals surface area contributed by atoms with E-state index in [-0.39, 0.29) is 11.8 Å². The number of amides is 1. The summed E-state index contributed by atoms with van der Waals surface area (Å²) in [6.45, 7) is 0.732. The first-order chi connectivity index (χ1) is 13.2. The summed E-state index contributed by atoms with van der Waals surface area (Å²) in [5, 5.41) is 5.66. The molecular weight excluding hydrogens is 364 g/mol. The fourth-order valence-electron chi connectivity index (χ4n) is 2.89. The minimum Gasteiger partial charge on any atom is -0.497 e. The van der Waals surface area contributed by atoms with E-state index in [9.17, 15) is 4.79 Å². The molecule has 0 bridgehead atoms. The van der Waals surface area contributed by atoms with Crippen molar-refractivity contribution in [3.05, 3.63) is 53.4 Å². The second-order valence-electron chi connectivity index (χ2n) is 6.14. The summed E-state index contributed by atoms with van der Waals surface area (Å²) in [5.74, 6) is 1.28. The van der Waals surface area contributed by atoms with Gasteiger partial charge in [-0.3, -0.25) is 14.8 Å². The second-order valence-corrected chi connectivity index (χ2v) is 7.00. The number of hydrogen-bond donors (Lipinski definition) is 1. The quantitative estimate of drug-likeness (QED) is 0.730. The van der Waals surface area contributed by atoms with E-state index in [1.165, 1.54) is 11.3 Å². The van der Waals surface area contributed by atoms with E-state index in [0.29, 0.717) is 19.6 Å². The zero-order valence-electron chi connectivity index (χ0n) is 14.7. The predicted molar refractivity (Wildman–Crippen MR) is 101 cm³/mol. The highest BCUT2D eigenvalue weighted by atomic mass is 32.1. The van der Waals surface area contributed by atoms with Crippen LogP contribution in [-0.4, -0.2) is 34.6 Å². The number of fused-ring (bicyclic) bond motifs is 1. The molecule has 0 radical (unpaired) electrons. The third-order valence-electron chi connectivity index (χ3n) is 4.33. The molecule has 1 atom stereocenters. The van der Waals surface area contributed by atoms with Crippen LogP contribution in [0.5, 0.6) is 11.5 Å². The molecule has 1 amide bonds. The molecule has 4 rings (SSSR count). The lowest BCUT2D eigenvalue weighted by Crippen LogP contribution is -2.37. The van der Waals surface area contributed by atoms with E-state index in [0.717, 1.165) is 33.5 Å². The molecule has 1 aliphatic rings. The number of rotatable bonds is 5. The van der Waals surface area contributed by atoms with Crippen LogP contribution in [0, 0.1) is 5.92 Å². The predicted octanol–water partition coefficient (Wildman–Crippen LogP) is 2.48. The molecule has 3 aromatic rings. The fourth-order valence-corrected chi connectivity index (χ4v) is 3.67. The molecule has 0 unspecified atom stereocenters. The van der Waals surface area contributed by atoms with Crippen LogP contribution in [0.25, 0.3) is 10.7 Å². The highest BCUT2D eigenvalue weighted by Gasteiger charge is 2.26. The lowest BCUT2D eigenvalue weighted by atomic mass is 9.96. The van der Waals surface area contributed by atoms with Gasteiger partial charge in [0, 0.05) is 23.8 Å². The summed E-state index contributed by atoms with van der Waals surface area (Å²) < 4.78 is 10.9. The van der Waals surface area contributed by atoms with E-state index in [1.807, 2.05) is 23.6 Å². The maximum atomic E-state index is 12.5. The molecule has 2 aromatic heterocycles. The van der Waals surface area contributed by atoms with Crippen molar-refractivity contribution in [3.63, 3.8) is 0 Å². The summed E-state index contributed by atoms with van der Waals surface area (Å²) in [5.41, 5.74) is 2.55. The van der Waals surface area contributed by atoms with Crippen LogP contribution in [0.1, 0.15) is 11.3 Å². The molecule has 8 heteroatoms. The van der Waals surface area contributed by atoms with Crippen LogP contribution in [0.3, 0.4) is 0 Å². The molecule has 0 saturated carbocycles. The maximum absolute atomic E-state index is 12.5. The van der Waals surface area contributed by atoms with Crippen LogP contribution < -0.4 is 14.8 Å². The number of methoxy groups -OCH3 is 1. The van der Waals surface area contributed by atoms with E-state index in [2.05, 4.69) is 20.3 Å². The maximum Gasteiger partial charge on any atom is 0.227 e. The molecule has 1 aromatic carbocycles. The smallest absolute Gasteiger partial charge is 0.227 e. The van der Waals surface area contributed by atoms with E-state index < -0.39 is 0 Å². The van der Waals surface area contributed by atoms with E-state index in [1.54, 1.807) is 25.7 Å². The highest BCUT2D eigenvalue weighted by molar-refractivity contribution is 7.13. The zero-order valence-corrected chi connectivity index (χ0v) is 15.5. The normalized spacial score (nSPS) is 15.5. The number of aromatic nitrogens is 3. The molecule has 0 aliphatic carbocycles. The number of hydrogen-bond acceptors (Lipinski definition) is 7. The summed E-state index contributed by atoms with van der Waals surface area (Å²) in [4.78, 5) is 25.3. The van der Waals surface area contributed by atoms with Crippen molar-refractivity contribution in [1.82, 2.24) is 20.3 Å². The van der Waals surface area contributed by atoms with Crippen molar-refractivity contribution in [2.75, 3.05) is 13.7 Å². The molecule has 7 nitrogen and oxygen atoms in total. The van der Waals surface area contributed by atoms with Gasteiger partial charge >= 0.3 is 0 Å². The Labute approximate surface area is 160 Å². The lowest BCUT2D eigenvalue weighted by Gasteiger charge is -2.24. The van der Waals surface area contributed by atoms with Crippen LogP contribution in [0.2, 0.25) is 0 Å². The molecule has 1 N–H and O–H groups in total. The Bertz CT molecular complexity index is 945. The van der Waals surface area contributed by atoms with Crippen LogP contribution in [0.4, 0.5) is 0 Å². The monoisotopic (exact) mass is 382 g/mol. The average molecular weight is 382 g/mol. The average Bonchev–Trinajstić information content (AvgIpc) is 3.21. The van der Waals surface area contributed by atoms with Gasteiger partial charge in [0.2, 0.25) is 5.91 Å². The van der Waals surface area contributed by atoms with Crippen molar-refractivity contribution in [3.8, 4) is 22.2 Å². The van der Waals surface area contributed by atoms with Gasteiger partial charge in [-0.25, -0.2) is 4.98 Å². The summed E-state index contributed by atoms with van der Waals surface area (Å²) >= 11 is 1.48. The lowest BCUT2D eigenvalue weighted by molar-refractivity contribution is -0.126. The Morgan fingerprint density at radius 2 is 2.33 bits per heavy atom. The molecule has 27 heavy (non-hydrogen) atoms. The minimum absolute atomic E-state index is 0.0366.